The van der Waals surface area contributed by atoms with E-state index in [2.05, 4.69) is 41.5 Å². The highest BCUT2D eigenvalue weighted by molar-refractivity contribution is 6.54. The van der Waals surface area contributed by atoms with Gasteiger partial charge in [0.2, 0.25) is 0 Å². The van der Waals surface area contributed by atoms with Crippen LogP contribution in [0.25, 0.3) is 0 Å². The maximum Gasteiger partial charge on any atom is 0.298 e. The Morgan fingerprint density at radius 2 is 1.33 bits per heavy atom. The third-order valence-electron chi connectivity index (χ3n) is 1.94. The molecule has 0 aliphatic carbocycles. The highest BCUT2D eigenvalue weighted by atomic mass is 16.4. The summed E-state index contributed by atoms with van der Waals surface area (Å²) in [6, 6.07) is 0. The largest absolute Gasteiger partial charge is 0.435 e. The second-order valence-corrected chi connectivity index (χ2v) is 4.68. The van der Waals surface area contributed by atoms with E-state index < -0.39 is 0 Å². The Hall–Kier alpha value is 0.0249. The van der Waals surface area contributed by atoms with Gasteiger partial charge in [-0.25, -0.2) is 0 Å². The molecular weight excluding hydrogens is 147 g/mol. The summed E-state index contributed by atoms with van der Waals surface area (Å²) in [5.74, 6) is 1.90. The lowest BCUT2D eigenvalue weighted by atomic mass is 9.49. The first-order valence-corrected chi connectivity index (χ1v) is 5.06. The minimum absolute atomic E-state index is 0.424. The molecule has 0 aromatic heterocycles. The van der Waals surface area contributed by atoms with Gasteiger partial charge in [0, 0.05) is 6.61 Å². The zero-order valence-electron chi connectivity index (χ0n) is 9.42. The van der Waals surface area contributed by atoms with Gasteiger partial charge in [0.25, 0.3) is 6.92 Å². The molecule has 0 aromatic rings. The first-order valence-electron chi connectivity index (χ1n) is 5.06. The summed E-state index contributed by atoms with van der Waals surface area (Å²) in [5.41, 5.74) is 0. The predicted molar refractivity (Wildman–Crippen MR) is 56.7 cm³/mol. The molecule has 0 radical (unpaired) electrons. The van der Waals surface area contributed by atoms with Crippen LogP contribution in [0.2, 0.25) is 11.6 Å². The Morgan fingerprint density at radius 3 is 1.58 bits per heavy atom. The maximum atomic E-state index is 5.83. The molecule has 0 spiro atoms. The van der Waals surface area contributed by atoms with Crippen molar-refractivity contribution in [1.82, 2.24) is 0 Å². The lowest BCUT2D eigenvalue weighted by molar-refractivity contribution is 0.262. The van der Waals surface area contributed by atoms with Crippen LogP contribution in [-0.2, 0) is 4.65 Å². The molecule has 0 saturated carbocycles. The summed E-state index contributed by atoms with van der Waals surface area (Å²) >= 11 is 0. The Bertz CT molecular complexity index is 102. The van der Waals surface area contributed by atoms with Gasteiger partial charge in [-0.05, 0) is 17.6 Å². The molecule has 0 fully saturated rings. The lowest BCUT2D eigenvalue weighted by Gasteiger charge is -2.22. The molecule has 0 amide bonds. The fourth-order valence-corrected chi connectivity index (χ4v) is 1.46. The van der Waals surface area contributed by atoms with Crippen LogP contribution in [0.5, 0.6) is 0 Å². The molecule has 0 heterocycles. The molecule has 0 aromatic carbocycles. The molecule has 1 nitrogen and oxygen atoms in total. The van der Waals surface area contributed by atoms with E-state index in [4.69, 9.17) is 4.65 Å². The Morgan fingerprint density at radius 1 is 0.917 bits per heavy atom. The Labute approximate surface area is 78.0 Å². The van der Waals surface area contributed by atoms with Crippen molar-refractivity contribution in [3.8, 4) is 0 Å². The first kappa shape index (κ1) is 12.0. The molecule has 0 aliphatic heterocycles. The van der Waals surface area contributed by atoms with Crippen LogP contribution >= 0.6 is 0 Å². The van der Waals surface area contributed by atoms with E-state index in [0.29, 0.717) is 24.5 Å². The third kappa shape index (κ3) is 4.81. The van der Waals surface area contributed by atoms with Crippen molar-refractivity contribution in [1.29, 1.82) is 0 Å². The molecule has 0 rings (SSSR count). The standard InChI is InChI=1S/C10H23BO/c1-8(2)7-12-11(9(3)4)10(5)6/h8-10H,7H2,1-6H3. The van der Waals surface area contributed by atoms with E-state index in [1.54, 1.807) is 0 Å². The SMILES string of the molecule is CC(C)COB(C(C)C)C(C)C. The maximum absolute atomic E-state index is 5.83. The topological polar surface area (TPSA) is 9.23 Å². The van der Waals surface area contributed by atoms with E-state index in [1.807, 2.05) is 0 Å². The molecule has 0 bridgehead atoms. The van der Waals surface area contributed by atoms with Gasteiger partial charge in [0.1, 0.15) is 0 Å². The first-order chi connectivity index (χ1) is 5.45. The minimum atomic E-state index is 0.424. The van der Waals surface area contributed by atoms with Gasteiger partial charge < -0.3 is 4.65 Å². The smallest absolute Gasteiger partial charge is 0.298 e. The Kier molecular flexibility index (Phi) is 5.64. The number of hydrogen-bond donors (Lipinski definition) is 0. The summed E-state index contributed by atoms with van der Waals surface area (Å²) in [5, 5.41) is 0. The van der Waals surface area contributed by atoms with Crippen LogP contribution < -0.4 is 0 Å². The molecule has 0 N–H and O–H groups in total. The van der Waals surface area contributed by atoms with Crippen LogP contribution in [0.15, 0.2) is 0 Å². The van der Waals surface area contributed by atoms with Crippen molar-refractivity contribution in [2.24, 2.45) is 5.92 Å². The fourth-order valence-electron chi connectivity index (χ4n) is 1.46. The van der Waals surface area contributed by atoms with E-state index in [0.717, 1.165) is 6.61 Å². The van der Waals surface area contributed by atoms with E-state index in [9.17, 15) is 0 Å². The average molecular weight is 170 g/mol. The molecule has 0 saturated heterocycles. The molecule has 0 atom stereocenters. The van der Waals surface area contributed by atoms with Gasteiger partial charge in [0.15, 0.2) is 0 Å². The molecular formula is C10H23BO. The number of hydrogen-bond acceptors (Lipinski definition) is 1. The number of rotatable bonds is 5. The second-order valence-electron chi connectivity index (χ2n) is 4.68. The average Bonchev–Trinajstić information content (AvgIpc) is 1.84. The zero-order chi connectivity index (χ0) is 9.72. The van der Waals surface area contributed by atoms with Gasteiger partial charge in [-0.15, -0.1) is 0 Å². The summed E-state index contributed by atoms with van der Waals surface area (Å²) in [6.45, 7) is 14.6. The van der Waals surface area contributed by atoms with E-state index in [-0.39, 0.29) is 0 Å². The molecule has 0 aliphatic rings. The van der Waals surface area contributed by atoms with Gasteiger partial charge >= 0.3 is 0 Å². The molecule has 12 heavy (non-hydrogen) atoms. The zero-order valence-corrected chi connectivity index (χ0v) is 9.42. The molecule has 2 heteroatoms. The lowest BCUT2D eigenvalue weighted by Crippen LogP contribution is -2.27. The Balaban J connectivity index is 3.80. The normalized spacial score (nSPS) is 11.8. The van der Waals surface area contributed by atoms with Gasteiger partial charge in [-0.3, -0.25) is 0 Å². The molecule has 72 valence electrons. The highest BCUT2D eigenvalue weighted by Gasteiger charge is 2.24. The summed E-state index contributed by atoms with van der Waals surface area (Å²) in [4.78, 5) is 0. The second kappa shape index (κ2) is 5.63. The quantitative estimate of drug-likeness (QED) is 0.574. The summed E-state index contributed by atoms with van der Waals surface area (Å²) < 4.78 is 5.83. The fraction of sp³-hybridized carbons (Fsp3) is 1.00. The predicted octanol–water partition coefficient (Wildman–Crippen LogP) is 3.47. The van der Waals surface area contributed by atoms with Crippen molar-refractivity contribution < 1.29 is 4.65 Å². The van der Waals surface area contributed by atoms with Crippen LogP contribution in [0, 0.1) is 5.92 Å². The third-order valence-corrected chi connectivity index (χ3v) is 1.94. The summed E-state index contributed by atoms with van der Waals surface area (Å²) in [6.07, 6.45) is 0. The van der Waals surface area contributed by atoms with Gasteiger partial charge in [-0.2, -0.15) is 0 Å². The van der Waals surface area contributed by atoms with Crippen LogP contribution in [0.1, 0.15) is 41.5 Å². The van der Waals surface area contributed by atoms with Gasteiger partial charge in [0.05, 0.1) is 0 Å². The van der Waals surface area contributed by atoms with Crippen molar-refractivity contribution in [3.63, 3.8) is 0 Å². The van der Waals surface area contributed by atoms with E-state index in [1.165, 1.54) is 0 Å². The van der Waals surface area contributed by atoms with Crippen molar-refractivity contribution in [3.05, 3.63) is 0 Å². The summed E-state index contributed by atoms with van der Waals surface area (Å²) in [7, 11) is 0. The van der Waals surface area contributed by atoms with Crippen molar-refractivity contribution >= 4 is 6.92 Å². The van der Waals surface area contributed by atoms with Crippen molar-refractivity contribution in [2.45, 2.75) is 53.2 Å². The van der Waals surface area contributed by atoms with Crippen molar-refractivity contribution in [2.75, 3.05) is 6.61 Å². The highest BCUT2D eigenvalue weighted by Crippen LogP contribution is 2.21. The van der Waals surface area contributed by atoms with Gasteiger partial charge in [-0.1, -0.05) is 41.5 Å². The van der Waals surface area contributed by atoms with Crippen LogP contribution in [0.4, 0.5) is 0 Å². The molecule has 0 unspecified atom stereocenters. The minimum Gasteiger partial charge on any atom is -0.435 e. The van der Waals surface area contributed by atoms with Crippen LogP contribution in [-0.4, -0.2) is 13.5 Å². The monoisotopic (exact) mass is 170 g/mol. The van der Waals surface area contributed by atoms with E-state index >= 15 is 0 Å². The van der Waals surface area contributed by atoms with Crippen LogP contribution in [0.3, 0.4) is 0 Å².